The summed E-state index contributed by atoms with van der Waals surface area (Å²) >= 11 is 0. The normalized spacial score (nSPS) is 18.2. The minimum absolute atomic E-state index is 0.0878. The predicted octanol–water partition coefficient (Wildman–Crippen LogP) is 1.70. The molecule has 2 atom stereocenters. The topological polar surface area (TPSA) is 80.6 Å². The quantitative estimate of drug-likeness (QED) is 0.631. The molecule has 5 nitrogen and oxygen atoms in total. The molecule has 4 N–H and O–H groups in total. The highest BCUT2D eigenvalue weighted by molar-refractivity contribution is 5.86. The number of amidine groups is 1. The third-order valence-corrected chi connectivity index (χ3v) is 3.42. The third kappa shape index (κ3) is 3.05. The average Bonchev–Trinajstić information content (AvgIpc) is 2.81. The number of nitrogens with one attached hydrogen (secondary N) is 2. The van der Waals surface area contributed by atoms with E-state index in [1.165, 1.54) is 0 Å². The summed E-state index contributed by atoms with van der Waals surface area (Å²) < 4.78 is 7.59. The Balaban J connectivity index is 1.97. The molecule has 104 valence electrons. The molecule has 0 saturated heterocycles. The third-order valence-electron chi connectivity index (χ3n) is 3.42. The smallest absolute Gasteiger partial charge is 0.104 e. The number of hydrogen-bond acceptors (Lipinski definition) is 4. The van der Waals surface area contributed by atoms with Crippen molar-refractivity contribution in [1.82, 2.24) is 10.3 Å². The van der Waals surface area contributed by atoms with Crippen LogP contribution in [0.25, 0.3) is 5.70 Å². The first kappa shape index (κ1) is 12.4. The molecule has 2 rings (SSSR count). The van der Waals surface area contributed by atoms with Crippen molar-refractivity contribution in [2.24, 2.45) is 4.99 Å². The van der Waals surface area contributed by atoms with Gasteiger partial charge in [0, 0.05) is 6.20 Å². The van der Waals surface area contributed by atoms with Crippen LogP contribution in [0.1, 0.15) is 38.8 Å². The molecule has 19 heavy (non-hydrogen) atoms. The van der Waals surface area contributed by atoms with Gasteiger partial charge in [0.2, 0.25) is 0 Å². The lowest BCUT2D eigenvalue weighted by atomic mass is 10.0. The summed E-state index contributed by atoms with van der Waals surface area (Å²) in [6.07, 6.45) is 3.21. The molecule has 1 aliphatic heterocycles. The zero-order valence-corrected chi connectivity index (χ0v) is 11.1. The van der Waals surface area contributed by atoms with Crippen LogP contribution in [0, 0.1) is 0 Å². The second-order valence-corrected chi connectivity index (χ2v) is 4.80. The van der Waals surface area contributed by atoms with Crippen molar-refractivity contribution in [3.05, 3.63) is 24.0 Å². The Morgan fingerprint density at radius 3 is 3.00 bits per heavy atom. The Morgan fingerprint density at radius 1 is 1.47 bits per heavy atom. The van der Waals surface area contributed by atoms with Gasteiger partial charge < -0.3 is 20.5 Å². The lowest BCUT2D eigenvalue weighted by Gasteiger charge is -2.15. The monoisotopic (exact) mass is 264 g/mol. The first-order valence-electron chi connectivity index (χ1n) is 7.11. The van der Waals surface area contributed by atoms with E-state index in [1.807, 2.05) is 13.1 Å². The number of aliphatic imine (C=N–C) groups is 1. The summed E-state index contributed by atoms with van der Waals surface area (Å²) in [5.41, 5.74) is 3.22. The fourth-order valence-corrected chi connectivity index (χ4v) is 2.18. The summed E-state index contributed by atoms with van der Waals surface area (Å²) in [6.45, 7) is 5.69. The van der Waals surface area contributed by atoms with Crippen molar-refractivity contribution < 1.29 is 11.6 Å². The van der Waals surface area contributed by atoms with E-state index in [0.29, 0.717) is 18.5 Å². The van der Waals surface area contributed by atoms with Gasteiger partial charge in [-0.05, 0) is 31.2 Å². The van der Waals surface area contributed by atoms with Crippen molar-refractivity contribution in [2.45, 2.75) is 44.8 Å². The number of fused-ring (bicyclic) bond motifs is 1. The highest BCUT2D eigenvalue weighted by atomic mass is 16.3. The van der Waals surface area contributed by atoms with Gasteiger partial charge in [-0.25, -0.2) is 4.99 Å². The molecule has 1 aromatic heterocycles. The molecule has 0 saturated carbocycles. The maximum atomic E-state index is 9.73. The highest BCUT2D eigenvalue weighted by Crippen LogP contribution is 2.30. The van der Waals surface area contributed by atoms with Crippen LogP contribution in [0.15, 0.2) is 17.8 Å². The van der Waals surface area contributed by atoms with Gasteiger partial charge in [-0.3, -0.25) is 0 Å². The maximum absolute atomic E-state index is 9.73. The van der Waals surface area contributed by atoms with Gasteiger partial charge in [-0.15, -0.1) is 0 Å². The van der Waals surface area contributed by atoms with Gasteiger partial charge in [0.1, 0.15) is 1.37 Å². The van der Waals surface area contributed by atoms with Crippen molar-refractivity contribution in [1.29, 1.82) is 0 Å². The number of rotatable bonds is 6. The van der Waals surface area contributed by atoms with Crippen LogP contribution in [-0.4, -0.2) is 33.7 Å². The zero-order valence-electron chi connectivity index (χ0n) is 12.1. The van der Waals surface area contributed by atoms with E-state index < -0.39 is 12.2 Å². The van der Waals surface area contributed by atoms with Gasteiger partial charge in [-0.1, -0.05) is 13.5 Å². The summed E-state index contributed by atoms with van der Waals surface area (Å²) in [5.74, 6) is 0. The molecular formula is C14H21N3O2. The van der Waals surface area contributed by atoms with Crippen LogP contribution in [0.3, 0.4) is 0 Å². The van der Waals surface area contributed by atoms with E-state index in [-0.39, 0.29) is 6.31 Å². The van der Waals surface area contributed by atoms with Crippen LogP contribution in [0.4, 0.5) is 5.69 Å². The van der Waals surface area contributed by atoms with Crippen molar-refractivity contribution in [3.8, 4) is 0 Å². The molecule has 0 fully saturated rings. The van der Waals surface area contributed by atoms with Crippen LogP contribution in [0.2, 0.25) is 0 Å². The molecule has 0 aromatic carbocycles. The molecular weight excluding hydrogens is 242 g/mol. The fourth-order valence-electron chi connectivity index (χ4n) is 2.18. The maximum Gasteiger partial charge on any atom is 0.104 e. The van der Waals surface area contributed by atoms with E-state index in [9.17, 15) is 10.2 Å². The molecule has 5 heteroatoms. The number of H-pyrrole nitrogens is 1. The summed E-state index contributed by atoms with van der Waals surface area (Å²) in [6, 6.07) is 0. The second-order valence-electron chi connectivity index (χ2n) is 4.80. The standard InChI is InChI=1S/C14H21N3O2/c1-3-11(18)12(19)6-4-5-10-7-15-13-9(2)16-8-17-14(10)13/h7-8,11-12,15,18-19H,2-6H2,1H3,(H,16,17)/i8D. The number of aryl methyl sites for hydroxylation is 1. The van der Waals surface area contributed by atoms with Gasteiger partial charge in [-0.2, -0.15) is 0 Å². The SMILES string of the molecule is [2H]C1=Nc2c(CCCC(O)C(O)CC)c[nH]c2C(=C)N1. The second kappa shape index (κ2) is 6.04. The Labute approximate surface area is 114 Å². The largest absolute Gasteiger partial charge is 0.390 e. The lowest BCUT2D eigenvalue weighted by Crippen LogP contribution is -2.24. The van der Waals surface area contributed by atoms with Crippen LogP contribution < -0.4 is 5.32 Å². The van der Waals surface area contributed by atoms with Gasteiger partial charge >= 0.3 is 0 Å². The highest BCUT2D eigenvalue weighted by Gasteiger charge is 2.17. The molecule has 0 radical (unpaired) electrons. The predicted molar refractivity (Wildman–Crippen MR) is 76.4 cm³/mol. The van der Waals surface area contributed by atoms with Crippen molar-refractivity contribution in [3.63, 3.8) is 0 Å². The molecule has 2 heterocycles. The number of aliphatic hydroxyl groups excluding tert-OH is 2. The van der Waals surface area contributed by atoms with Gasteiger partial charge in [0.25, 0.3) is 0 Å². The minimum Gasteiger partial charge on any atom is -0.390 e. The molecule has 2 unspecified atom stereocenters. The van der Waals surface area contributed by atoms with Crippen LogP contribution >= 0.6 is 0 Å². The zero-order chi connectivity index (χ0) is 14.7. The first-order valence-corrected chi connectivity index (χ1v) is 6.61. The molecule has 0 aliphatic carbocycles. The van der Waals surface area contributed by atoms with E-state index in [4.69, 9.17) is 1.37 Å². The van der Waals surface area contributed by atoms with E-state index in [0.717, 1.165) is 29.8 Å². The van der Waals surface area contributed by atoms with Gasteiger partial charge in [0.05, 0.1) is 35.6 Å². The fraction of sp³-hybridized carbons (Fsp3) is 0.500. The molecule has 0 amide bonds. The first-order chi connectivity index (χ1) is 9.52. The average molecular weight is 264 g/mol. The summed E-state index contributed by atoms with van der Waals surface area (Å²) in [7, 11) is 0. The Bertz CT molecular complexity index is 524. The number of aromatic amines is 1. The molecule has 0 bridgehead atoms. The Kier molecular flexibility index (Phi) is 3.95. The number of aromatic nitrogens is 1. The van der Waals surface area contributed by atoms with E-state index in [2.05, 4.69) is 21.9 Å². The lowest BCUT2D eigenvalue weighted by molar-refractivity contribution is 0.0118. The van der Waals surface area contributed by atoms with E-state index >= 15 is 0 Å². The molecule has 0 spiro atoms. The Hall–Kier alpha value is -1.59. The summed E-state index contributed by atoms with van der Waals surface area (Å²) in [4.78, 5) is 7.28. The Morgan fingerprint density at radius 2 is 2.26 bits per heavy atom. The summed E-state index contributed by atoms with van der Waals surface area (Å²) in [5, 5.41) is 22.0. The van der Waals surface area contributed by atoms with Crippen molar-refractivity contribution >= 4 is 17.7 Å². The number of hydrogen-bond donors (Lipinski definition) is 4. The van der Waals surface area contributed by atoms with Crippen LogP contribution in [0.5, 0.6) is 0 Å². The number of nitrogens with zero attached hydrogens (tertiary/aromatic N) is 1. The molecule has 1 aromatic rings. The van der Waals surface area contributed by atoms with Gasteiger partial charge in [0.15, 0.2) is 0 Å². The minimum atomic E-state index is -0.679. The van der Waals surface area contributed by atoms with Crippen molar-refractivity contribution in [2.75, 3.05) is 0 Å². The number of aliphatic hydroxyl groups is 2. The molecule has 1 aliphatic rings. The van der Waals surface area contributed by atoms with Crippen LogP contribution in [-0.2, 0) is 6.42 Å². The van der Waals surface area contributed by atoms with E-state index in [1.54, 1.807) is 0 Å².